The number of halogens is 1. The van der Waals surface area contributed by atoms with Crippen LogP contribution in [0.1, 0.15) is 23.6 Å². The summed E-state index contributed by atoms with van der Waals surface area (Å²) in [6.07, 6.45) is 0. The number of hydrogen-bond acceptors (Lipinski definition) is 3. The lowest BCUT2D eigenvalue weighted by molar-refractivity contribution is 0.588. The number of nitrogens with one attached hydrogen (secondary N) is 3. The lowest BCUT2D eigenvalue weighted by Gasteiger charge is -2.12. The third kappa shape index (κ3) is 7.47. The molecule has 0 saturated heterocycles. The first-order valence-electron chi connectivity index (χ1n) is 8.55. The summed E-state index contributed by atoms with van der Waals surface area (Å²) < 4.78 is 26.2. The molecule has 0 bridgehead atoms. The Morgan fingerprint density at radius 1 is 1.04 bits per heavy atom. The molecule has 0 aliphatic carbocycles. The molecule has 0 spiro atoms. The van der Waals surface area contributed by atoms with E-state index in [1.807, 2.05) is 25.1 Å². The summed E-state index contributed by atoms with van der Waals surface area (Å²) in [5, 5.41) is 6.44. The third-order valence-corrected chi connectivity index (χ3v) is 5.20. The van der Waals surface area contributed by atoms with Crippen molar-refractivity contribution in [1.82, 2.24) is 15.4 Å². The molecule has 2 aromatic carbocycles. The molecule has 0 saturated carbocycles. The lowest BCUT2D eigenvalue weighted by Crippen LogP contribution is -2.36. The van der Waals surface area contributed by atoms with Gasteiger partial charge in [-0.05, 0) is 44.2 Å². The van der Waals surface area contributed by atoms with E-state index in [1.165, 1.54) is 12.6 Å². The number of nitrogens with zero attached hydrogens (tertiary/aromatic N) is 1. The van der Waals surface area contributed by atoms with Crippen LogP contribution in [0.3, 0.4) is 0 Å². The Kier molecular flexibility index (Phi) is 9.75. The minimum absolute atomic E-state index is 0. The van der Waals surface area contributed by atoms with Crippen molar-refractivity contribution in [2.24, 2.45) is 4.99 Å². The average Bonchev–Trinajstić information content (AvgIpc) is 2.64. The van der Waals surface area contributed by atoms with Crippen molar-refractivity contribution in [2.75, 3.05) is 13.6 Å². The van der Waals surface area contributed by atoms with Crippen LogP contribution in [-0.2, 0) is 23.1 Å². The van der Waals surface area contributed by atoms with Gasteiger partial charge in [-0.2, -0.15) is 0 Å². The molecule has 0 atom stereocenters. The Bertz CT molecular complexity index is 870. The number of sulfonamides is 1. The number of guanidine groups is 1. The first-order valence-corrected chi connectivity index (χ1v) is 10.0. The number of aliphatic imine (C=N–C) groups is 1. The van der Waals surface area contributed by atoms with Crippen LogP contribution in [0, 0.1) is 6.92 Å². The van der Waals surface area contributed by atoms with Crippen LogP contribution in [0.2, 0.25) is 0 Å². The summed E-state index contributed by atoms with van der Waals surface area (Å²) in [4.78, 5) is 4.84. The van der Waals surface area contributed by atoms with Gasteiger partial charge in [-0.1, -0.05) is 42.0 Å². The van der Waals surface area contributed by atoms with E-state index in [4.69, 9.17) is 0 Å². The summed E-state index contributed by atoms with van der Waals surface area (Å²) >= 11 is 0. The molecule has 0 aromatic heterocycles. The van der Waals surface area contributed by atoms with Crippen molar-refractivity contribution in [1.29, 1.82) is 0 Å². The SMILES string of the molecule is CCNC(=NCc1cccc(C)c1)NCc1cccc(S(=O)(=O)NC)c1.I. The number of hydrogen-bond donors (Lipinski definition) is 3. The molecule has 3 N–H and O–H groups in total. The fourth-order valence-corrected chi connectivity index (χ4v) is 3.25. The van der Waals surface area contributed by atoms with Gasteiger partial charge in [-0.25, -0.2) is 18.1 Å². The summed E-state index contributed by atoms with van der Waals surface area (Å²) in [7, 11) is -2.04. The van der Waals surface area contributed by atoms with Crippen LogP contribution in [0.15, 0.2) is 58.4 Å². The molecule has 148 valence electrons. The van der Waals surface area contributed by atoms with Crippen LogP contribution < -0.4 is 15.4 Å². The van der Waals surface area contributed by atoms with E-state index < -0.39 is 10.0 Å². The van der Waals surface area contributed by atoms with Gasteiger partial charge in [0.25, 0.3) is 0 Å². The molecule has 2 aromatic rings. The Morgan fingerprint density at radius 2 is 1.74 bits per heavy atom. The molecule has 6 nitrogen and oxygen atoms in total. The Hall–Kier alpha value is -1.65. The largest absolute Gasteiger partial charge is 0.357 e. The molecule has 0 amide bonds. The van der Waals surface area contributed by atoms with Gasteiger partial charge >= 0.3 is 0 Å². The van der Waals surface area contributed by atoms with Crippen LogP contribution in [0.5, 0.6) is 0 Å². The fourth-order valence-electron chi connectivity index (χ4n) is 2.45. The zero-order valence-electron chi connectivity index (χ0n) is 15.8. The zero-order chi connectivity index (χ0) is 19.0. The molecule has 8 heteroatoms. The zero-order valence-corrected chi connectivity index (χ0v) is 19.0. The second-order valence-corrected chi connectivity index (χ2v) is 7.78. The molecule has 0 aliphatic rings. The topological polar surface area (TPSA) is 82.6 Å². The quantitative estimate of drug-likeness (QED) is 0.309. The van der Waals surface area contributed by atoms with E-state index in [9.17, 15) is 8.42 Å². The van der Waals surface area contributed by atoms with Crippen molar-refractivity contribution in [3.05, 3.63) is 65.2 Å². The predicted molar refractivity (Wildman–Crippen MR) is 121 cm³/mol. The third-order valence-electron chi connectivity index (χ3n) is 3.78. The van der Waals surface area contributed by atoms with Crippen molar-refractivity contribution in [2.45, 2.75) is 31.8 Å². The van der Waals surface area contributed by atoms with E-state index in [1.54, 1.807) is 18.2 Å². The highest BCUT2D eigenvalue weighted by Crippen LogP contribution is 2.11. The van der Waals surface area contributed by atoms with Crippen molar-refractivity contribution >= 4 is 40.0 Å². The molecule has 0 fully saturated rings. The van der Waals surface area contributed by atoms with Crippen LogP contribution in [0.4, 0.5) is 0 Å². The maximum absolute atomic E-state index is 11.9. The van der Waals surface area contributed by atoms with E-state index in [-0.39, 0.29) is 28.9 Å². The van der Waals surface area contributed by atoms with Gasteiger partial charge in [0.1, 0.15) is 0 Å². The van der Waals surface area contributed by atoms with E-state index in [0.717, 1.165) is 17.7 Å². The predicted octanol–water partition coefficient (Wildman–Crippen LogP) is 2.78. The first kappa shape index (κ1) is 23.4. The maximum atomic E-state index is 11.9. The maximum Gasteiger partial charge on any atom is 0.240 e. The van der Waals surface area contributed by atoms with Gasteiger partial charge in [-0.15, -0.1) is 24.0 Å². The molecular weight excluding hydrogens is 475 g/mol. The van der Waals surface area contributed by atoms with E-state index in [2.05, 4.69) is 39.4 Å². The minimum atomic E-state index is -3.44. The molecular formula is C19H27IN4O2S. The Balaban J connectivity index is 0.00000364. The molecule has 0 aliphatic heterocycles. The monoisotopic (exact) mass is 502 g/mol. The van der Waals surface area contributed by atoms with Crippen LogP contribution in [-0.4, -0.2) is 28.0 Å². The highest BCUT2D eigenvalue weighted by Gasteiger charge is 2.11. The molecule has 0 unspecified atom stereocenters. The second kappa shape index (κ2) is 11.3. The van der Waals surface area contributed by atoms with E-state index >= 15 is 0 Å². The molecule has 0 radical (unpaired) electrons. The molecule has 2 rings (SSSR count). The summed E-state index contributed by atoms with van der Waals surface area (Å²) in [6.45, 7) is 5.86. The summed E-state index contributed by atoms with van der Waals surface area (Å²) in [5.74, 6) is 0.691. The van der Waals surface area contributed by atoms with Gasteiger partial charge in [0.15, 0.2) is 5.96 Å². The Labute approximate surface area is 178 Å². The van der Waals surface area contributed by atoms with Gasteiger partial charge in [0.05, 0.1) is 11.4 Å². The lowest BCUT2D eigenvalue weighted by atomic mass is 10.1. The van der Waals surface area contributed by atoms with E-state index in [0.29, 0.717) is 19.0 Å². The van der Waals surface area contributed by atoms with Gasteiger partial charge in [-0.3, -0.25) is 0 Å². The van der Waals surface area contributed by atoms with Crippen molar-refractivity contribution < 1.29 is 8.42 Å². The number of rotatable bonds is 7. The smallest absolute Gasteiger partial charge is 0.240 e. The average molecular weight is 502 g/mol. The molecule has 0 heterocycles. The Morgan fingerprint density at radius 3 is 2.41 bits per heavy atom. The van der Waals surface area contributed by atoms with Crippen molar-refractivity contribution in [3.63, 3.8) is 0 Å². The summed E-state index contributed by atoms with van der Waals surface area (Å²) in [5.41, 5.74) is 3.21. The first-order chi connectivity index (χ1) is 12.4. The second-order valence-electron chi connectivity index (χ2n) is 5.89. The van der Waals surface area contributed by atoms with Gasteiger partial charge in [0, 0.05) is 13.1 Å². The van der Waals surface area contributed by atoms with Crippen molar-refractivity contribution in [3.8, 4) is 0 Å². The summed E-state index contributed by atoms with van der Waals surface area (Å²) in [6, 6.07) is 15.1. The molecule has 27 heavy (non-hydrogen) atoms. The highest BCUT2D eigenvalue weighted by atomic mass is 127. The minimum Gasteiger partial charge on any atom is -0.357 e. The number of aryl methyl sites for hydroxylation is 1. The standard InChI is InChI=1S/C19H26N4O2S.HI/c1-4-21-19(22-13-16-8-5-7-15(2)11-16)23-14-17-9-6-10-18(12-17)26(24,25)20-3;/h5-12,20H,4,13-14H2,1-3H3,(H2,21,22,23);1H. The van der Waals surface area contributed by atoms with Gasteiger partial charge < -0.3 is 10.6 Å². The van der Waals surface area contributed by atoms with Crippen LogP contribution >= 0.6 is 24.0 Å². The normalized spacial score (nSPS) is 11.6. The number of benzene rings is 2. The van der Waals surface area contributed by atoms with Crippen LogP contribution in [0.25, 0.3) is 0 Å². The highest BCUT2D eigenvalue weighted by molar-refractivity contribution is 14.0. The van der Waals surface area contributed by atoms with Gasteiger partial charge in [0.2, 0.25) is 10.0 Å². The fraction of sp³-hybridized carbons (Fsp3) is 0.316.